The predicted octanol–water partition coefficient (Wildman–Crippen LogP) is 0.0750. The van der Waals surface area contributed by atoms with Crippen LogP contribution in [-0.2, 0) is 4.74 Å². The number of hydrogen-bond donors (Lipinski definition) is 6. The van der Waals surface area contributed by atoms with E-state index in [2.05, 4.69) is 20.3 Å². The van der Waals surface area contributed by atoms with Crippen molar-refractivity contribution in [2.45, 2.75) is 30.6 Å². The van der Waals surface area contributed by atoms with Crippen LogP contribution in [0.1, 0.15) is 26.9 Å². The zero-order chi connectivity index (χ0) is 24.9. The summed E-state index contributed by atoms with van der Waals surface area (Å²) in [6, 6.07) is 6.91. The summed E-state index contributed by atoms with van der Waals surface area (Å²) in [4.78, 5) is 38.2. The molecule has 2 aliphatic heterocycles. The molecule has 2 aliphatic rings. The maximum absolute atomic E-state index is 13.1. The summed E-state index contributed by atoms with van der Waals surface area (Å²) in [6.45, 7) is -0.607. The lowest BCUT2D eigenvalue weighted by Crippen LogP contribution is -2.56. The number of aliphatic hydroxyl groups excluding tert-OH is 4. The number of ether oxygens (including phenoxy) is 1. The molecule has 1 aromatic carbocycles. The van der Waals surface area contributed by atoms with Crippen LogP contribution in [0.25, 0.3) is 43.9 Å². The average Bonchev–Trinajstić information content (AvgIpc) is 3.52. The lowest BCUT2D eigenvalue weighted by molar-refractivity contribution is -0.249. The van der Waals surface area contributed by atoms with E-state index in [-0.39, 0.29) is 11.1 Å². The smallest absolute Gasteiger partial charge is 0.259 e. The van der Waals surface area contributed by atoms with Gasteiger partial charge in [-0.2, -0.15) is 0 Å². The van der Waals surface area contributed by atoms with Crippen LogP contribution in [0.15, 0.2) is 36.7 Å². The van der Waals surface area contributed by atoms with Crippen LogP contribution in [0, 0.1) is 0 Å². The van der Waals surface area contributed by atoms with Crippen molar-refractivity contribution in [1.29, 1.82) is 0 Å². The largest absolute Gasteiger partial charge is 0.394 e. The van der Waals surface area contributed by atoms with E-state index in [1.165, 1.54) is 10.8 Å². The Balaban J connectivity index is 1.70. The zero-order valence-corrected chi connectivity index (χ0v) is 18.4. The zero-order valence-electron chi connectivity index (χ0n) is 18.4. The van der Waals surface area contributed by atoms with Gasteiger partial charge in [0.25, 0.3) is 11.8 Å². The predicted molar refractivity (Wildman–Crippen MR) is 125 cm³/mol. The highest BCUT2D eigenvalue weighted by atomic mass is 16.6. The minimum Gasteiger partial charge on any atom is -0.394 e. The van der Waals surface area contributed by atoms with Crippen LogP contribution >= 0.6 is 0 Å². The van der Waals surface area contributed by atoms with Gasteiger partial charge in [0.05, 0.1) is 28.8 Å². The number of imide groups is 1. The normalized spacial score (nSPS) is 26.4. The molecule has 12 heteroatoms. The van der Waals surface area contributed by atoms with E-state index in [0.717, 1.165) is 0 Å². The summed E-state index contributed by atoms with van der Waals surface area (Å²) in [5, 5.41) is 46.0. The van der Waals surface area contributed by atoms with Crippen molar-refractivity contribution < 1.29 is 34.8 Å². The second-order valence-corrected chi connectivity index (χ2v) is 9.00. The third kappa shape index (κ3) is 2.54. The van der Waals surface area contributed by atoms with Crippen molar-refractivity contribution in [2.24, 2.45) is 0 Å². The molecule has 5 atom stereocenters. The molecule has 4 aromatic heterocycles. The Kier molecular flexibility index (Phi) is 4.32. The van der Waals surface area contributed by atoms with Crippen molar-refractivity contribution in [2.75, 3.05) is 6.61 Å². The Morgan fingerprint density at radius 1 is 0.917 bits per heavy atom. The molecule has 1 fully saturated rings. The van der Waals surface area contributed by atoms with Gasteiger partial charge in [-0.1, -0.05) is 0 Å². The van der Waals surface area contributed by atoms with E-state index >= 15 is 0 Å². The molecule has 0 bridgehead atoms. The van der Waals surface area contributed by atoms with Crippen LogP contribution in [0.5, 0.6) is 0 Å². The molecule has 0 spiro atoms. The first-order chi connectivity index (χ1) is 17.4. The SMILES string of the molecule is O=C1NC(=O)c2c1c1c3cccnc3[nH]c1c1c2c2cccnc2n1C1O[C@H](CO)[C@@H](O)[C@H](O)[C@H]1O. The van der Waals surface area contributed by atoms with Gasteiger partial charge in [0.1, 0.15) is 35.7 Å². The Bertz CT molecular complexity index is 1760. The van der Waals surface area contributed by atoms with E-state index in [0.29, 0.717) is 43.9 Å². The lowest BCUT2D eigenvalue weighted by atomic mass is 9.96. The number of nitrogens with one attached hydrogen (secondary N) is 2. The van der Waals surface area contributed by atoms with Gasteiger partial charge in [-0.15, -0.1) is 0 Å². The molecule has 1 unspecified atom stereocenters. The molecule has 0 aliphatic carbocycles. The van der Waals surface area contributed by atoms with Crippen molar-refractivity contribution in [3.8, 4) is 0 Å². The van der Waals surface area contributed by atoms with Gasteiger partial charge in [-0.3, -0.25) is 19.5 Å². The number of rotatable bonds is 2. The van der Waals surface area contributed by atoms with Gasteiger partial charge in [0, 0.05) is 33.9 Å². The minimum absolute atomic E-state index is 0.161. The second kappa shape index (κ2) is 7.29. The molecule has 0 radical (unpaired) electrons. The third-order valence-electron chi connectivity index (χ3n) is 7.12. The van der Waals surface area contributed by atoms with E-state index in [1.807, 2.05) is 0 Å². The fraction of sp³-hybridized carbons (Fsp3) is 0.250. The first-order valence-corrected chi connectivity index (χ1v) is 11.3. The number of aliphatic hydroxyl groups is 4. The second-order valence-electron chi connectivity index (χ2n) is 9.00. The standard InChI is InChI=1S/C24H19N5O7/c30-7-10-17(31)18(32)19(33)24(36-10)29-16-12(9-4-2-6-26-21(9)29)14-13(22(34)28-23(14)35)11-8-3-1-5-25-20(8)27-15(11)16/h1-6,10,17-19,24,30-33H,7H2,(H,25,27)(H,28,34,35)/t10-,17-,18+,19-,24?/m1/s1. The number of carbonyl (C=O) groups excluding carboxylic acids is 2. The molecule has 7 rings (SSSR count). The van der Waals surface area contributed by atoms with Crippen LogP contribution in [0.3, 0.4) is 0 Å². The van der Waals surface area contributed by atoms with Gasteiger partial charge < -0.3 is 30.1 Å². The Labute approximate surface area is 200 Å². The summed E-state index contributed by atoms with van der Waals surface area (Å²) in [5.74, 6) is -1.11. The number of aromatic nitrogens is 4. The number of benzene rings is 1. The molecule has 36 heavy (non-hydrogen) atoms. The number of aromatic amines is 1. The summed E-state index contributed by atoms with van der Waals surface area (Å²) in [6.07, 6.45) is -4.12. The summed E-state index contributed by atoms with van der Waals surface area (Å²) in [7, 11) is 0. The number of H-pyrrole nitrogens is 1. The van der Waals surface area contributed by atoms with Crippen LogP contribution in [0.2, 0.25) is 0 Å². The van der Waals surface area contributed by atoms with Gasteiger partial charge in [0.15, 0.2) is 6.23 Å². The molecule has 6 N–H and O–H groups in total. The minimum atomic E-state index is -1.63. The molecule has 12 nitrogen and oxygen atoms in total. The number of fused-ring (bicyclic) bond motifs is 10. The topological polar surface area (TPSA) is 183 Å². The number of amides is 2. The summed E-state index contributed by atoms with van der Waals surface area (Å²) >= 11 is 0. The van der Waals surface area contributed by atoms with Crippen molar-refractivity contribution in [3.63, 3.8) is 0 Å². The molecule has 1 saturated heterocycles. The van der Waals surface area contributed by atoms with E-state index in [4.69, 9.17) is 4.74 Å². The summed E-state index contributed by atoms with van der Waals surface area (Å²) in [5.41, 5.74) is 2.01. The lowest BCUT2D eigenvalue weighted by Gasteiger charge is -2.40. The fourth-order valence-corrected chi connectivity index (χ4v) is 5.57. The van der Waals surface area contributed by atoms with E-state index in [9.17, 15) is 30.0 Å². The molecule has 0 saturated carbocycles. The van der Waals surface area contributed by atoms with Gasteiger partial charge in [-0.05, 0) is 24.3 Å². The first-order valence-electron chi connectivity index (χ1n) is 11.3. The van der Waals surface area contributed by atoms with Crippen LogP contribution in [0.4, 0.5) is 0 Å². The monoisotopic (exact) mass is 489 g/mol. The van der Waals surface area contributed by atoms with Crippen molar-refractivity contribution in [3.05, 3.63) is 47.8 Å². The quantitative estimate of drug-likeness (QED) is 0.187. The maximum atomic E-state index is 13.1. The average molecular weight is 489 g/mol. The fourth-order valence-electron chi connectivity index (χ4n) is 5.57. The molecule has 5 aromatic rings. The highest BCUT2D eigenvalue weighted by Gasteiger charge is 2.46. The van der Waals surface area contributed by atoms with E-state index in [1.54, 1.807) is 30.5 Å². The number of pyridine rings is 2. The van der Waals surface area contributed by atoms with Crippen molar-refractivity contribution in [1.82, 2.24) is 24.8 Å². The number of carbonyl (C=O) groups is 2. The molecular weight excluding hydrogens is 470 g/mol. The van der Waals surface area contributed by atoms with E-state index < -0.39 is 49.1 Å². The van der Waals surface area contributed by atoms with Gasteiger partial charge in [0.2, 0.25) is 0 Å². The van der Waals surface area contributed by atoms with Gasteiger partial charge >= 0.3 is 0 Å². The first kappa shape index (κ1) is 21.4. The molecule has 2 amide bonds. The Morgan fingerprint density at radius 3 is 2.36 bits per heavy atom. The molecular formula is C24H19N5O7. The Hall–Kier alpha value is -3.94. The molecule has 182 valence electrons. The number of nitrogens with zero attached hydrogens (tertiary/aromatic N) is 3. The Morgan fingerprint density at radius 2 is 1.61 bits per heavy atom. The highest BCUT2D eigenvalue weighted by Crippen LogP contribution is 2.45. The maximum Gasteiger partial charge on any atom is 0.259 e. The number of hydrogen-bond acceptors (Lipinski definition) is 9. The van der Waals surface area contributed by atoms with Crippen LogP contribution < -0.4 is 5.32 Å². The van der Waals surface area contributed by atoms with Crippen molar-refractivity contribution >= 4 is 55.7 Å². The van der Waals surface area contributed by atoms with Crippen LogP contribution in [-0.4, -0.2) is 82.8 Å². The highest BCUT2D eigenvalue weighted by molar-refractivity contribution is 6.39. The molecule has 6 heterocycles. The summed E-state index contributed by atoms with van der Waals surface area (Å²) < 4.78 is 7.43. The third-order valence-corrected chi connectivity index (χ3v) is 7.12. The van der Waals surface area contributed by atoms with Gasteiger partial charge in [-0.25, -0.2) is 9.97 Å².